The van der Waals surface area contributed by atoms with Gasteiger partial charge in [0.05, 0.1) is 25.3 Å². The van der Waals surface area contributed by atoms with Crippen LogP contribution in [0.25, 0.3) is 0 Å². The molecule has 2 aromatic rings. The van der Waals surface area contributed by atoms with E-state index in [4.69, 9.17) is 25.8 Å². The summed E-state index contributed by atoms with van der Waals surface area (Å²) < 4.78 is 16.6. The van der Waals surface area contributed by atoms with E-state index in [9.17, 15) is 9.59 Å². The molecule has 0 bridgehead atoms. The molecule has 7 nitrogen and oxygen atoms in total. The number of rotatable bonds is 9. The summed E-state index contributed by atoms with van der Waals surface area (Å²) in [6, 6.07) is 10.3. The van der Waals surface area contributed by atoms with Crippen molar-refractivity contribution in [2.75, 3.05) is 46.5 Å². The molecule has 0 aromatic heterocycles. The van der Waals surface area contributed by atoms with Gasteiger partial charge in [0.1, 0.15) is 5.75 Å². The zero-order valence-corrected chi connectivity index (χ0v) is 20.2. The quantitative estimate of drug-likeness (QED) is 0.500. The molecule has 178 valence electrons. The van der Waals surface area contributed by atoms with Crippen LogP contribution in [0.1, 0.15) is 47.4 Å². The number of methoxy groups -OCH3 is 1. The number of piperazine rings is 1. The van der Waals surface area contributed by atoms with Crippen LogP contribution in [-0.2, 0) is 0 Å². The van der Waals surface area contributed by atoms with Crippen LogP contribution in [0.2, 0.25) is 5.02 Å². The molecule has 0 radical (unpaired) electrons. The summed E-state index contributed by atoms with van der Waals surface area (Å²) in [6.45, 7) is 6.73. The molecule has 0 spiro atoms. The van der Waals surface area contributed by atoms with Crippen molar-refractivity contribution >= 4 is 23.4 Å². The summed E-state index contributed by atoms with van der Waals surface area (Å²) in [5.41, 5.74) is 1.04. The van der Waals surface area contributed by atoms with E-state index in [0.717, 1.165) is 12.8 Å². The van der Waals surface area contributed by atoms with E-state index in [0.29, 0.717) is 72.8 Å². The molecule has 1 saturated heterocycles. The highest BCUT2D eigenvalue weighted by Gasteiger charge is 2.27. The molecule has 8 heteroatoms. The molecule has 0 saturated carbocycles. The zero-order valence-electron chi connectivity index (χ0n) is 19.4. The van der Waals surface area contributed by atoms with Gasteiger partial charge < -0.3 is 24.0 Å². The number of ether oxygens (including phenoxy) is 3. The highest BCUT2D eigenvalue weighted by Crippen LogP contribution is 2.37. The number of benzene rings is 2. The first kappa shape index (κ1) is 24.7. The molecule has 1 aliphatic rings. The maximum atomic E-state index is 13.2. The number of hydrogen-bond donors (Lipinski definition) is 0. The number of carbonyl (C=O) groups excluding carboxylic acids is 2. The molecular formula is C25H31ClN2O5. The van der Waals surface area contributed by atoms with E-state index in [1.165, 1.54) is 0 Å². The van der Waals surface area contributed by atoms with Crippen molar-refractivity contribution in [3.05, 3.63) is 52.5 Å². The van der Waals surface area contributed by atoms with Crippen LogP contribution >= 0.6 is 11.6 Å². The van der Waals surface area contributed by atoms with Gasteiger partial charge in [0, 0.05) is 37.3 Å². The minimum Gasteiger partial charge on any atom is -0.497 e. The van der Waals surface area contributed by atoms with Crippen molar-refractivity contribution in [3.8, 4) is 17.2 Å². The first-order valence-electron chi connectivity index (χ1n) is 11.3. The Balaban J connectivity index is 1.66. The van der Waals surface area contributed by atoms with Crippen molar-refractivity contribution in [2.45, 2.75) is 26.7 Å². The summed E-state index contributed by atoms with van der Waals surface area (Å²) in [7, 11) is 1.59. The molecule has 1 fully saturated rings. The number of unbranched alkanes of at least 4 members (excludes halogenated alkanes) is 1. The summed E-state index contributed by atoms with van der Waals surface area (Å²) in [5, 5.41) is 0.355. The standard InChI is InChI=1S/C25H31ClN2O5/c1-4-6-15-33-23-21(26)16-19(17-22(23)32-5-2)25(30)28-13-11-27(12-14-28)24(29)18-7-9-20(31-3)10-8-18/h7-10,16-17H,4-6,11-15H2,1-3H3. The molecule has 2 aromatic carbocycles. The summed E-state index contributed by atoms with van der Waals surface area (Å²) in [5.74, 6) is 1.44. The second kappa shape index (κ2) is 11.8. The van der Waals surface area contributed by atoms with Gasteiger partial charge >= 0.3 is 0 Å². The van der Waals surface area contributed by atoms with Crippen molar-refractivity contribution in [3.63, 3.8) is 0 Å². The molecule has 0 unspecified atom stereocenters. The summed E-state index contributed by atoms with van der Waals surface area (Å²) in [6.07, 6.45) is 1.91. The van der Waals surface area contributed by atoms with Gasteiger partial charge in [0.15, 0.2) is 11.5 Å². The molecule has 0 N–H and O–H groups in total. The Morgan fingerprint density at radius 2 is 1.52 bits per heavy atom. The van der Waals surface area contributed by atoms with Crippen LogP contribution in [0.4, 0.5) is 0 Å². The van der Waals surface area contributed by atoms with E-state index in [1.807, 2.05) is 6.92 Å². The van der Waals surface area contributed by atoms with Gasteiger partial charge in [-0.3, -0.25) is 9.59 Å². The van der Waals surface area contributed by atoms with Gasteiger partial charge in [-0.15, -0.1) is 0 Å². The fourth-order valence-electron chi connectivity index (χ4n) is 3.62. The number of nitrogens with zero attached hydrogens (tertiary/aromatic N) is 2. The third-order valence-corrected chi connectivity index (χ3v) is 5.77. The van der Waals surface area contributed by atoms with Crippen molar-refractivity contribution in [1.29, 1.82) is 0 Å². The number of hydrogen-bond acceptors (Lipinski definition) is 5. The van der Waals surface area contributed by atoms with Gasteiger partial charge in [-0.1, -0.05) is 24.9 Å². The van der Waals surface area contributed by atoms with Gasteiger partial charge in [0.25, 0.3) is 11.8 Å². The Hall–Kier alpha value is -2.93. The largest absolute Gasteiger partial charge is 0.497 e. The smallest absolute Gasteiger partial charge is 0.254 e. The lowest BCUT2D eigenvalue weighted by molar-refractivity contribution is 0.0535. The Labute approximate surface area is 200 Å². The van der Waals surface area contributed by atoms with Crippen LogP contribution in [-0.4, -0.2) is 68.1 Å². The molecule has 3 rings (SSSR count). The highest BCUT2D eigenvalue weighted by molar-refractivity contribution is 6.32. The molecular weight excluding hydrogens is 444 g/mol. The lowest BCUT2D eigenvalue weighted by Gasteiger charge is -2.35. The molecule has 2 amide bonds. The van der Waals surface area contributed by atoms with Crippen LogP contribution in [0, 0.1) is 0 Å². The Morgan fingerprint density at radius 3 is 2.06 bits per heavy atom. The lowest BCUT2D eigenvalue weighted by atomic mass is 10.1. The van der Waals surface area contributed by atoms with E-state index >= 15 is 0 Å². The topological polar surface area (TPSA) is 68.3 Å². The first-order valence-corrected chi connectivity index (χ1v) is 11.7. The van der Waals surface area contributed by atoms with Gasteiger partial charge in [-0.2, -0.15) is 0 Å². The van der Waals surface area contributed by atoms with Crippen LogP contribution in [0.5, 0.6) is 17.2 Å². The second-order valence-electron chi connectivity index (χ2n) is 7.73. The second-order valence-corrected chi connectivity index (χ2v) is 8.14. The number of carbonyl (C=O) groups is 2. The van der Waals surface area contributed by atoms with Crippen LogP contribution < -0.4 is 14.2 Å². The van der Waals surface area contributed by atoms with Crippen LogP contribution in [0.15, 0.2) is 36.4 Å². The number of halogens is 1. The van der Waals surface area contributed by atoms with E-state index in [-0.39, 0.29) is 11.8 Å². The lowest BCUT2D eigenvalue weighted by Crippen LogP contribution is -2.50. The molecule has 0 aliphatic carbocycles. The van der Waals surface area contributed by atoms with Crippen LogP contribution in [0.3, 0.4) is 0 Å². The Kier molecular flexibility index (Phi) is 8.83. The first-order chi connectivity index (χ1) is 16.0. The third-order valence-electron chi connectivity index (χ3n) is 5.49. The van der Waals surface area contributed by atoms with Gasteiger partial charge in [0.2, 0.25) is 0 Å². The third kappa shape index (κ3) is 6.11. The highest BCUT2D eigenvalue weighted by atomic mass is 35.5. The fourth-order valence-corrected chi connectivity index (χ4v) is 3.89. The van der Waals surface area contributed by atoms with Gasteiger partial charge in [-0.25, -0.2) is 0 Å². The van der Waals surface area contributed by atoms with Crippen molar-refractivity contribution in [1.82, 2.24) is 9.80 Å². The molecule has 1 aliphatic heterocycles. The monoisotopic (exact) mass is 474 g/mol. The molecule has 1 heterocycles. The average molecular weight is 475 g/mol. The summed E-state index contributed by atoms with van der Waals surface area (Å²) >= 11 is 6.45. The fraction of sp³-hybridized carbons (Fsp3) is 0.440. The Morgan fingerprint density at radius 1 is 0.909 bits per heavy atom. The normalized spacial score (nSPS) is 13.6. The SMILES string of the molecule is CCCCOc1c(Cl)cc(C(=O)N2CCN(C(=O)c3ccc(OC)cc3)CC2)cc1OCC. The van der Waals surface area contributed by atoms with Crippen molar-refractivity contribution < 1.29 is 23.8 Å². The maximum Gasteiger partial charge on any atom is 0.254 e. The summed E-state index contributed by atoms with van der Waals surface area (Å²) in [4.78, 5) is 29.4. The molecule has 0 atom stereocenters. The van der Waals surface area contributed by atoms with E-state index < -0.39 is 0 Å². The average Bonchev–Trinajstić information content (AvgIpc) is 2.85. The van der Waals surface area contributed by atoms with E-state index in [1.54, 1.807) is 53.3 Å². The maximum absolute atomic E-state index is 13.2. The van der Waals surface area contributed by atoms with Gasteiger partial charge in [-0.05, 0) is 49.7 Å². The van der Waals surface area contributed by atoms with Crippen molar-refractivity contribution in [2.24, 2.45) is 0 Å². The predicted octanol–water partition coefficient (Wildman–Crippen LogP) is 4.52. The minimum atomic E-state index is -0.144. The Bertz CT molecular complexity index is 956. The predicted molar refractivity (Wildman–Crippen MR) is 128 cm³/mol. The zero-order chi connectivity index (χ0) is 23.8. The number of amides is 2. The minimum absolute atomic E-state index is 0.0555. The molecule has 33 heavy (non-hydrogen) atoms. The van der Waals surface area contributed by atoms with E-state index in [2.05, 4.69) is 6.92 Å².